The number of allylic oxidation sites excluding steroid dienone is 1. The summed E-state index contributed by atoms with van der Waals surface area (Å²) in [5.41, 5.74) is 9.17. The molecule has 0 aliphatic heterocycles. The zero-order valence-corrected chi connectivity index (χ0v) is 7.46. The molecule has 3 nitrogen and oxygen atoms in total. The molecule has 2 aromatic rings. The summed E-state index contributed by atoms with van der Waals surface area (Å²) in [6.45, 7) is 5.74. The number of nitrogens with zero attached hydrogens (tertiary/aromatic N) is 1. The highest BCUT2D eigenvalue weighted by Gasteiger charge is 2.02. The fourth-order valence-corrected chi connectivity index (χ4v) is 1.22. The number of aromatic amines is 1. The van der Waals surface area contributed by atoms with Gasteiger partial charge in [-0.3, -0.25) is 0 Å². The van der Waals surface area contributed by atoms with Crippen LogP contribution in [0.15, 0.2) is 24.8 Å². The van der Waals surface area contributed by atoms with Gasteiger partial charge in [-0.25, -0.2) is 4.98 Å². The monoisotopic (exact) mass is 173 g/mol. The van der Waals surface area contributed by atoms with E-state index in [0.717, 1.165) is 28.1 Å². The smallest absolute Gasteiger partial charge is 0.133 e. The van der Waals surface area contributed by atoms with Crippen molar-refractivity contribution >= 4 is 22.3 Å². The summed E-state index contributed by atoms with van der Waals surface area (Å²) in [5, 5.41) is 0. The molecule has 13 heavy (non-hydrogen) atoms. The Morgan fingerprint density at radius 2 is 2.31 bits per heavy atom. The van der Waals surface area contributed by atoms with Crippen LogP contribution in [0.5, 0.6) is 0 Å². The van der Waals surface area contributed by atoms with Crippen LogP contribution in [0, 0.1) is 0 Å². The van der Waals surface area contributed by atoms with Crippen molar-refractivity contribution in [3.05, 3.63) is 30.6 Å². The van der Waals surface area contributed by atoms with E-state index in [1.807, 2.05) is 25.1 Å². The number of nitrogens with one attached hydrogen (secondary N) is 1. The number of hydrogen-bond acceptors (Lipinski definition) is 2. The maximum absolute atomic E-state index is 5.63. The zero-order valence-electron chi connectivity index (χ0n) is 7.46. The van der Waals surface area contributed by atoms with Crippen molar-refractivity contribution in [3.63, 3.8) is 0 Å². The SMILES string of the molecule is C=C(C)c1nc2cc(N)ccc2[nH]1. The molecule has 0 atom stereocenters. The molecule has 2 rings (SSSR count). The third-order valence-corrected chi connectivity index (χ3v) is 1.91. The highest BCUT2D eigenvalue weighted by atomic mass is 14.9. The predicted octanol–water partition coefficient (Wildman–Crippen LogP) is 2.18. The van der Waals surface area contributed by atoms with E-state index in [-0.39, 0.29) is 0 Å². The quantitative estimate of drug-likeness (QED) is 0.649. The Labute approximate surface area is 76.3 Å². The summed E-state index contributed by atoms with van der Waals surface area (Å²) in [5.74, 6) is 0.820. The second-order valence-electron chi connectivity index (χ2n) is 3.14. The molecule has 66 valence electrons. The standard InChI is InChI=1S/C10H11N3/c1-6(2)10-12-8-4-3-7(11)5-9(8)13-10/h3-5H,1,11H2,2H3,(H,12,13). The molecule has 3 heteroatoms. The normalized spacial score (nSPS) is 10.5. The predicted molar refractivity (Wildman–Crippen MR) is 55.2 cm³/mol. The first-order valence-corrected chi connectivity index (χ1v) is 4.08. The van der Waals surface area contributed by atoms with E-state index in [4.69, 9.17) is 5.73 Å². The van der Waals surface area contributed by atoms with Gasteiger partial charge in [0.2, 0.25) is 0 Å². The first-order chi connectivity index (χ1) is 6.16. The molecule has 1 heterocycles. The van der Waals surface area contributed by atoms with Crippen LogP contribution in [0.4, 0.5) is 5.69 Å². The molecule has 0 unspecified atom stereocenters. The molecule has 0 amide bonds. The van der Waals surface area contributed by atoms with Crippen LogP contribution in [0.2, 0.25) is 0 Å². The van der Waals surface area contributed by atoms with Gasteiger partial charge in [0.25, 0.3) is 0 Å². The number of fused-ring (bicyclic) bond motifs is 1. The minimum atomic E-state index is 0.729. The third-order valence-electron chi connectivity index (χ3n) is 1.91. The Morgan fingerprint density at radius 1 is 1.54 bits per heavy atom. The number of H-pyrrole nitrogens is 1. The molecular weight excluding hydrogens is 162 g/mol. The largest absolute Gasteiger partial charge is 0.399 e. The Morgan fingerprint density at radius 3 is 3.00 bits per heavy atom. The number of hydrogen-bond donors (Lipinski definition) is 2. The van der Waals surface area contributed by atoms with E-state index < -0.39 is 0 Å². The summed E-state index contributed by atoms with van der Waals surface area (Å²) in [6.07, 6.45) is 0. The van der Waals surface area contributed by atoms with Gasteiger partial charge in [0.05, 0.1) is 11.0 Å². The highest BCUT2D eigenvalue weighted by molar-refractivity contribution is 5.81. The maximum atomic E-state index is 5.63. The van der Waals surface area contributed by atoms with Gasteiger partial charge in [0, 0.05) is 5.69 Å². The molecule has 0 saturated heterocycles. The Kier molecular flexibility index (Phi) is 1.59. The van der Waals surface area contributed by atoms with Gasteiger partial charge in [-0.05, 0) is 30.7 Å². The first-order valence-electron chi connectivity index (χ1n) is 4.08. The van der Waals surface area contributed by atoms with E-state index in [1.54, 1.807) is 0 Å². The van der Waals surface area contributed by atoms with Gasteiger partial charge >= 0.3 is 0 Å². The summed E-state index contributed by atoms with van der Waals surface area (Å²) in [7, 11) is 0. The topological polar surface area (TPSA) is 54.7 Å². The molecule has 0 aliphatic rings. The minimum absolute atomic E-state index is 0.729. The second-order valence-corrected chi connectivity index (χ2v) is 3.14. The van der Waals surface area contributed by atoms with Crippen molar-refractivity contribution in [1.29, 1.82) is 0 Å². The van der Waals surface area contributed by atoms with Crippen LogP contribution >= 0.6 is 0 Å². The Hall–Kier alpha value is -1.77. The summed E-state index contributed by atoms with van der Waals surface area (Å²) < 4.78 is 0. The number of nitrogens with two attached hydrogens (primary N) is 1. The molecule has 0 saturated carbocycles. The van der Waals surface area contributed by atoms with Gasteiger partial charge in [0.15, 0.2) is 0 Å². The van der Waals surface area contributed by atoms with Gasteiger partial charge < -0.3 is 10.7 Å². The molecule has 3 N–H and O–H groups in total. The van der Waals surface area contributed by atoms with E-state index in [9.17, 15) is 0 Å². The van der Waals surface area contributed by atoms with Crippen LogP contribution in [0.1, 0.15) is 12.7 Å². The summed E-state index contributed by atoms with van der Waals surface area (Å²) in [6, 6.07) is 5.62. The van der Waals surface area contributed by atoms with Crippen molar-refractivity contribution in [2.45, 2.75) is 6.92 Å². The van der Waals surface area contributed by atoms with E-state index in [0.29, 0.717) is 0 Å². The Bertz CT molecular complexity index is 468. The number of nitrogen functional groups attached to an aromatic ring is 1. The van der Waals surface area contributed by atoms with Gasteiger partial charge in [-0.2, -0.15) is 0 Å². The average Bonchev–Trinajstić information content (AvgIpc) is 2.46. The van der Waals surface area contributed by atoms with Crippen molar-refractivity contribution in [1.82, 2.24) is 9.97 Å². The molecule has 0 bridgehead atoms. The number of rotatable bonds is 1. The van der Waals surface area contributed by atoms with Crippen LogP contribution in [0.3, 0.4) is 0 Å². The summed E-state index contributed by atoms with van der Waals surface area (Å²) >= 11 is 0. The lowest BCUT2D eigenvalue weighted by Crippen LogP contribution is -1.82. The fourth-order valence-electron chi connectivity index (χ4n) is 1.22. The van der Waals surface area contributed by atoms with Gasteiger partial charge in [-0.1, -0.05) is 6.58 Å². The third kappa shape index (κ3) is 1.28. The average molecular weight is 173 g/mol. The second kappa shape index (κ2) is 2.62. The van der Waals surface area contributed by atoms with Crippen LogP contribution < -0.4 is 5.73 Å². The molecule has 1 aromatic heterocycles. The molecule has 1 aromatic carbocycles. The van der Waals surface area contributed by atoms with E-state index >= 15 is 0 Å². The molecule has 0 spiro atoms. The van der Waals surface area contributed by atoms with Crippen molar-refractivity contribution in [2.24, 2.45) is 0 Å². The minimum Gasteiger partial charge on any atom is -0.399 e. The molecule has 0 radical (unpaired) electrons. The van der Waals surface area contributed by atoms with Gasteiger partial charge in [0.1, 0.15) is 5.82 Å². The molecular formula is C10H11N3. The Balaban J connectivity index is 2.68. The zero-order chi connectivity index (χ0) is 9.42. The number of benzene rings is 1. The summed E-state index contributed by atoms with van der Waals surface area (Å²) in [4.78, 5) is 7.49. The number of anilines is 1. The van der Waals surface area contributed by atoms with Gasteiger partial charge in [-0.15, -0.1) is 0 Å². The van der Waals surface area contributed by atoms with E-state index in [1.165, 1.54) is 0 Å². The van der Waals surface area contributed by atoms with Crippen molar-refractivity contribution in [3.8, 4) is 0 Å². The van der Waals surface area contributed by atoms with Crippen LogP contribution in [-0.4, -0.2) is 9.97 Å². The highest BCUT2D eigenvalue weighted by Crippen LogP contribution is 2.17. The number of aromatic nitrogens is 2. The lowest BCUT2D eigenvalue weighted by atomic mass is 10.3. The lowest BCUT2D eigenvalue weighted by Gasteiger charge is -1.89. The lowest BCUT2D eigenvalue weighted by molar-refractivity contribution is 1.26. The van der Waals surface area contributed by atoms with Crippen LogP contribution in [0.25, 0.3) is 16.6 Å². The molecule has 0 aliphatic carbocycles. The number of imidazole rings is 1. The fraction of sp³-hybridized carbons (Fsp3) is 0.100. The van der Waals surface area contributed by atoms with Crippen molar-refractivity contribution in [2.75, 3.05) is 5.73 Å². The maximum Gasteiger partial charge on any atom is 0.133 e. The van der Waals surface area contributed by atoms with Crippen LogP contribution in [-0.2, 0) is 0 Å². The van der Waals surface area contributed by atoms with E-state index in [2.05, 4.69) is 16.5 Å². The van der Waals surface area contributed by atoms with Crippen molar-refractivity contribution < 1.29 is 0 Å². The first kappa shape index (κ1) is 7.86. The molecule has 0 fully saturated rings.